The normalized spacial score (nSPS) is 10.8. The number of esters is 1. The molecule has 0 aliphatic heterocycles. The monoisotopic (exact) mass is 329 g/mol. The Balaban J connectivity index is 2.29. The van der Waals surface area contributed by atoms with Crippen molar-refractivity contribution in [1.82, 2.24) is 9.61 Å². The van der Waals surface area contributed by atoms with Crippen molar-refractivity contribution in [3.8, 4) is 17.0 Å². The number of hydrogen-bond donors (Lipinski definition) is 1. The zero-order valence-electron chi connectivity index (χ0n) is 13.2. The Labute approximate surface area is 137 Å². The zero-order valence-corrected chi connectivity index (χ0v) is 13.2. The molecule has 124 valence electrons. The molecule has 2 heterocycles. The first-order chi connectivity index (χ1) is 11.5. The van der Waals surface area contributed by atoms with E-state index in [2.05, 4.69) is 5.10 Å². The highest BCUT2D eigenvalue weighted by Gasteiger charge is 2.23. The quantitative estimate of drug-likeness (QED) is 0.745. The predicted molar refractivity (Wildman–Crippen MR) is 87.5 cm³/mol. The molecule has 24 heavy (non-hydrogen) atoms. The predicted octanol–water partition coefficient (Wildman–Crippen LogP) is 2.91. The number of fused-ring (bicyclic) bond motifs is 1. The number of halogens is 1. The Kier molecular flexibility index (Phi) is 4.07. The topological polar surface area (TPSA) is 78.8 Å². The molecule has 0 fully saturated rings. The molecule has 2 N–H and O–H groups in total. The van der Waals surface area contributed by atoms with Crippen LogP contribution in [0.2, 0.25) is 0 Å². The van der Waals surface area contributed by atoms with Gasteiger partial charge in [-0.3, -0.25) is 0 Å². The molecule has 0 saturated carbocycles. The number of anilines is 1. The number of ether oxygens (including phenoxy) is 2. The van der Waals surface area contributed by atoms with Crippen molar-refractivity contribution >= 4 is 17.2 Å². The highest BCUT2D eigenvalue weighted by atomic mass is 19.1. The molecule has 0 atom stereocenters. The highest BCUT2D eigenvalue weighted by Crippen LogP contribution is 2.31. The fraction of sp³-hybridized carbons (Fsp3) is 0.176. The molecule has 0 spiro atoms. The van der Waals surface area contributed by atoms with Gasteiger partial charge in [0, 0.05) is 11.6 Å². The maximum absolute atomic E-state index is 13.2. The van der Waals surface area contributed by atoms with Crippen LogP contribution in [-0.4, -0.2) is 29.3 Å². The lowest BCUT2D eigenvalue weighted by Crippen LogP contribution is -2.06. The van der Waals surface area contributed by atoms with Crippen molar-refractivity contribution in [2.24, 2.45) is 0 Å². The van der Waals surface area contributed by atoms with Crippen molar-refractivity contribution < 1.29 is 18.7 Å². The zero-order chi connectivity index (χ0) is 17.3. The van der Waals surface area contributed by atoms with Gasteiger partial charge in [-0.1, -0.05) is 0 Å². The molecular formula is C17H16FN3O3. The van der Waals surface area contributed by atoms with Crippen molar-refractivity contribution in [3.63, 3.8) is 0 Å². The van der Waals surface area contributed by atoms with Crippen LogP contribution in [0.25, 0.3) is 16.8 Å². The number of methoxy groups -OCH3 is 1. The molecular weight excluding hydrogens is 313 g/mol. The van der Waals surface area contributed by atoms with Crippen LogP contribution in [0.4, 0.5) is 10.1 Å². The molecule has 3 rings (SSSR count). The van der Waals surface area contributed by atoms with Crippen LogP contribution >= 0.6 is 0 Å². The van der Waals surface area contributed by atoms with Crippen LogP contribution in [0, 0.1) is 5.82 Å². The highest BCUT2D eigenvalue weighted by molar-refractivity contribution is 6.03. The van der Waals surface area contributed by atoms with Gasteiger partial charge in [-0.25, -0.2) is 13.7 Å². The molecule has 0 aliphatic carbocycles. The first kappa shape index (κ1) is 15.8. The summed E-state index contributed by atoms with van der Waals surface area (Å²) in [7, 11) is 1.49. The van der Waals surface area contributed by atoms with Gasteiger partial charge in [0.15, 0.2) is 0 Å². The SMILES string of the molecule is CCOC(=O)c1c(-c2ccc(F)cc2)nn2cc(N)c(OC)cc12. The van der Waals surface area contributed by atoms with E-state index in [0.29, 0.717) is 28.2 Å². The van der Waals surface area contributed by atoms with Gasteiger partial charge in [0.1, 0.15) is 22.8 Å². The molecule has 1 aromatic carbocycles. The number of hydrogen-bond acceptors (Lipinski definition) is 5. The summed E-state index contributed by atoms with van der Waals surface area (Å²) in [5.74, 6) is -0.455. The lowest BCUT2D eigenvalue weighted by molar-refractivity contribution is 0.0529. The average molecular weight is 329 g/mol. The Morgan fingerprint density at radius 3 is 2.67 bits per heavy atom. The number of carbonyl (C=O) groups is 1. The van der Waals surface area contributed by atoms with Gasteiger partial charge in [0.05, 0.1) is 31.1 Å². The molecule has 3 aromatic rings. The number of carbonyl (C=O) groups excluding carboxylic acids is 1. The van der Waals surface area contributed by atoms with Gasteiger partial charge in [0.25, 0.3) is 0 Å². The van der Waals surface area contributed by atoms with Gasteiger partial charge < -0.3 is 15.2 Å². The van der Waals surface area contributed by atoms with E-state index in [1.807, 2.05) is 0 Å². The summed E-state index contributed by atoms with van der Waals surface area (Å²) in [5.41, 5.74) is 8.05. The summed E-state index contributed by atoms with van der Waals surface area (Å²) in [6.07, 6.45) is 1.56. The second-order valence-electron chi connectivity index (χ2n) is 5.08. The first-order valence-electron chi connectivity index (χ1n) is 7.34. The van der Waals surface area contributed by atoms with Gasteiger partial charge >= 0.3 is 5.97 Å². The van der Waals surface area contributed by atoms with Crippen molar-refractivity contribution in [3.05, 3.63) is 47.9 Å². The molecule has 0 amide bonds. The number of nitrogen functional groups attached to an aromatic ring is 1. The lowest BCUT2D eigenvalue weighted by atomic mass is 10.1. The maximum Gasteiger partial charge on any atom is 0.342 e. The molecule has 0 saturated heterocycles. The number of aromatic nitrogens is 2. The summed E-state index contributed by atoms with van der Waals surface area (Å²) < 4.78 is 25.0. The molecule has 6 nitrogen and oxygen atoms in total. The Hall–Kier alpha value is -3.09. The third-order valence-corrected chi connectivity index (χ3v) is 3.58. The van der Waals surface area contributed by atoms with E-state index in [4.69, 9.17) is 15.2 Å². The summed E-state index contributed by atoms with van der Waals surface area (Å²) in [6, 6.07) is 7.36. The van der Waals surface area contributed by atoms with Crippen LogP contribution in [0.15, 0.2) is 36.5 Å². The number of nitrogens with zero attached hydrogens (tertiary/aromatic N) is 2. The summed E-state index contributed by atoms with van der Waals surface area (Å²) in [6.45, 7) is 1.95. The fourth-order valence-corrected chi connectivity index (χ4v) is 2.48. The average Bonchev–Trinajstić information content (AvgIpc) is 2.93. The Bertz CT molecular complexity index is 904. The standard InChI is InChI=1S/C17H16FN3O3/c1-3-24-17(22)15-13-8-14(23-2)12(19)9-21(13)20-16(15)10-4-6-11(18)7-5-10/h4-9H,3,19H2,1-2H3. The molecule has 0 aliphatic rings. The van der Waals surface area contributed by atoms with Crippen molar-refractivity contribution in [2.45, 2.75) is 6.92 Å². The number of nitrogens with two attached hydrogens (primary N) is 1. The molecule has 0 radical (unpaired) electrons. The molecule has 0 unspecified atom stereocenters. The van der Waals surface area contributed by atoms with E-state index in [1.165, 1.54) is 23.8 Å². The van der Waals surface area contributed by atoms with Gasteiger partial charge in [-0.15, -0.1) is 0 Å². The van der Waals surface area contributed by atoms with Crippen molar-refractivity contribution in [2.75, 3.05) is 19.5 Å². The summed E-state index contributed by atoms with van der Waals surface area (Å²) in [5, 5.41) is 4.41. The number of rotatable bonds is 4. The first-order valence-corrected chi connectivity index (χ1v) is 7.34. The smallest absolute Gasteiger partial charge is 0.342 e. The van der Waals surface area contributed by atoms with E-state index in [9.17, 15) is 9.18 Å². The van der Waals surface area contributed by atoms with E-state index in [-0.39, 0.29) is 18.0 Å². The molecule has 7 heteroatoms. The van der Waals surface area contributed by atoms with Gasteiger partial charge in [0.2, 0.25) is 0 Å². The van der Waals surface area contributed by atoms with Crippen LogP contribution in [0.5, 0.6) is 5.75 Å². The Morgan fingerprint density at radius 2 is 2.04 bits per heavy atom. The Morgan fingerprint density at radius 1 is 1.33 bits per heavy atom. The maximum atomic E-state index is 13.2. The van der Waals surface area contributed by atoms with E-state index in [0.717, 1.165) is 0 Å². The van der Waals surface area contributed by atoms with E-state index < -0.39 is 5.97 Å². The van der Waals surface area contributed by atoms with Crippen LogP contribution < -0.4 is 10.5 Å². The summed E-state index contributed by atoms with van der Waals surface area (Å²) >= 11 is 0. The molecule has 2 aromatic heterocycles. The van der Waals surface area contributed by atoms with Gasteiger partial charge in [-0.2, -0.15) is 5.10 Å². The second kappa shape index (κ2) is 6.19. The van der Waals surface area contributed by atoms with Crippen molar-refractivity contribution in [1.29, 1.82) is 0 Å². The summed E-state index contributed by atoms with van der Waals surface area (Å²) in [4.78, 5) is 12.4. The van der Waals surface area contributed by atoms with Crippen LogP contribution in [0.1, 0.15) is 17.3 Å². The minimum atomic E-state index is -0.515. The molecule has 0 bridgehead atoms. The van der Waals surface area contributed by atoms with E-state index >= 15 is 0 Å². The second-order valence-corrected chi connectivity index (χ2v) is 5.08. The van der Waals surface area contributed by atoms with Crippen LogP contribution in [-0.2, 0) is 4.74 Å². The third kappa shape index (κ3) is 2.64. The minimum Gasteiger partial charge on any atom is -0.494 e. The fourth-order valence-electron chi connectivity index (χ4n) is 2.48. The lowest BCUT2D eigenvalue weighted by Gasteiger charge is -2.06. The minimum absolute atomic E-state index is 0.227. The third-order valence-electron chi connectivity index (χ3n) is 3.58. The van der Waals surface area contributed by atoms with Gasteiger partial charge in [-0.05, 0) is 31.2 Å². The number of benzene rings is 1. The van der Waals surface area contributed by atoms with Crippen LogP contribution in [0.3, 0.4) is 0 Å². The van der Waals surface area contributed by atoms with E-state index in [1.54, 1.807) is 31.3 Å². The number of pyridine rings is 1. The largest absolute Gasteiger partial charge is 0.494 e.